The van der Waals surface area contributed by atoms with Crippen LogP contribution in [0.5, 0.6) is 0 Å². The van der Waals surface area contributed by atoms with E-state index in [0.29, 0.717) is 5.56 Å². The standard InChI is InChI=1S/C14H16O2/c1-10(15)12-8-5-9-13(12)14(16)11-6-3-2-4-7-11/h2-4,6-7,9-10,12,15H,5,8H2,1H3. The predicted molar refractivity (Wildman–Crippen MR) is 63.3 cm³/mol. The van der Waals surface area contributed by atoms with Crippen molar-refractivity contribution in [1.82, 2.24) is 0 Å². The molecule has 0 saturated heterocycles. The zero-order valence-electron chi connectivity index (χ0n) is 9.39. The summed E-state index contributed by atoms with van der Waals surface area (Å²) in [4.78, 5) is 12.2. The highest BCUT2D eigenvalue weighted by Gasteiger charge is 2.28. The van der Waals surface area contributed by atoms with Gasteiger partial charge < -0.3 is 5.11 Å². The third kappa shape index (κ3) is 2.07. The third-order valence-corrected chi connectivity index (χ3v) is 3.12. The van der Waals surface area contributed by atoms with Gasteiger partial charge in [-0.2, -0.15) is 0 Å². The second-order valence-electron chi connectivity index (χ2n) is 4.28. The maximum atomic E-state index is 12.2. The molecule has 1 aromatic carbocycles. The van der Waals surface area contributed by atoms with Crippen molar-refractivity contribution in [2.75, 3.05) is 0 Å². The molecule has 16 heavy (non-hydrogen) atoms. The Morgan fingerprint density at radius 1 is 1.38 bits per heavy atom. The van der Waals surface area contributed by atoms with Gasteiger partial charge in [0.15, 0.2) is 5.78 Å². The van der Waals surface area contributed by atoms with Crippen LogP contribution < -0.4 is 0 Å². The molecule has 0 fully saturated rings. The van der Waals surface area contributed by atoms with Gasteiger partial charge in [0, 0.05) is 17.1 Å². The normalized spacial score (nSPS) is 21.6. The van der Waals surface area contributed by atoms with Crippen LogP contribution in [0.15, 0.2) is 42.0 Å². The molecule has 2 unspecified atom stereocenters. The van der Waals surface area contributed by atoms with Gasteiger partial charge >= 0.3 is 0 Å². The summed E-state index contributed by atoms with van der Waals surface area (Å²) in [6.45, 7) is 1.75. The van der Waals surface area contributed by atoms with E-state index >= 15 is 0 Å². The van der Waals surface area contributed by atoms with Crippen molar-refractivity contribution in [3.8, 4) is 0 Å². The van der Waals surface area contributed by atoms with E-state index in [1.165, 1.54) is 0 Å². The first-order valence-electron chi connectivity index (χ1n) is 5.68. The Morgan fingerprint density at radius 3 is 2.69 bits per heavy atom. The van der Waals surface area contributed by atoms with Gasteiger partial charge in [-0.3, -0.25) is 4.79 Å². The summed E-state index contributed by atoms with van der Waals surface area (Å²) in [6.07, 6.45) is 3.29. The Bertz CT molecular complexity index is 404. The van der Waals surface area contributed by atoms with E-state index in [-0.39, 0.29) is 11.7 Å². The highest BCUT2D eigenvalue weighted by atomic mass is 16.3. The van der Waals surface area contributed by atoms with Crippen molar-refractivity contribution in [1.29, 1.82) is 0 Å². The van der Waals surface area contributed by atoms with Crippen LogP contribution in [-0.2, 0) is 0 Å². The molecular formula is C14H16O2. The minimum atomic E-state index is -0.443. The lowest BCUT2D eigenvalue weighted by molar-refractivity contribution is 0.0971. The van der Waals surface area contributed by atoms with Crippen molar-refractivity contribution >= 4 is 5.78 Å². The van der Waals surface area contributed by atoms with Gasteiger partial charge in [0.25, 0.3) is 0 Å². The fourth-order valence-electron chi connectivity index (χ4n) is 2.24. The molecule has 1 N–H and O–H groups in total. The number of carbonyl (C=O) groups excluding carboxylic acids is 1. The van der Waals surface area contributed by atoms with Crippen molar-refractivity contribution < 1.29 is 9.90 Å². The number of allylic oxidation sites excluding steroid dienone is 1. The number of benzene rings is 1. The van der Waals surface area contributed by atoms with Crippen LogP contribution in [-0.4, -0.2) is 17.0 Å². The molecule has 1 aromatic rings. The SMILES string of the molecule is CC(O)C1CCC=C1C(=O)c1ccccc1. The van der Waals surface area contributed by atoms with Crippen LogP contribution in [0.25, 0.3) is 0 Å². The van der Waals surface area contributed by atoms with Gasteiger partial charge in [-0.25, -0.2) is 0 Å². The first kappa shape index (κ1) is 11.1. The minimum Gasteiger partial charge on any atom is -0.393 e. The molecule has 0 aliphatic heterocycles. The van der Waals surface area contributed by atoms with Gasteiger partial charge in [-0.15, -0.1) is 0 Å². The number of rotatable bonds is 3. The molecule has 2 atom stereocenters. The number of carbonyl (C=O) groups is 1. The molecule has 0 heterocycles. The number of hydrogen-bond donors (Lipinski definition) is 1. The second-order valence-corrected chi connectivity index (χ2v) is 4.28. The van der Waals surface area contributed by atoms with Crippen molar-refractivity contribution in [2.24, 2.45) is 5.92 Å². The van der Waals surface area contributed by atoms with E-state index in [9.17, 15) is 9.90 Å². The van der Waals surface area contributed by atoms with Gasteiger partial charge in [-0.05, 0) is 19.8 Å². The molecule has 2 heteroatoms. The van der Waals surface area contributed by atoms with Crippen molar-refractivity contribution in [2.45, 2.75) is 25.9 Å². The summed E-state index contributed by atoms with van der Waals surface area (Å²) in [5.41, 5.74) is 1.49. The Kier molecular flexibility index (Phi) is 3.20. The number of Topliss-reactive ketones (excluding diaryl/α,β-unsaturated/α-hetero) is 1. The summed E-state index contributed by atoms with van der Waals surface area (Å²) in [6, 6.07) is 9.26. The van der Waals surface area contributed by atoms with Crippen molar-refractivity contribution in [3.05, 3.63) is 47.5 Å². The zero-order valence-corrected chi connectivity index (χ0v) is 9.39. The lowest BCUT2D eigenvalue weighted by atomic mass is 9.90. The monoisotopic (exact) mass is 216 g/mol. The van der Waals surface area contributed by atoms with Crippen LogP contribution in [0.1, 0.15) is 30.1 Å². The molecule has 0 bridgehead atoms. The van der Waals surface area contributed by atoms with E-state index in [0.717, 1.165) is 18.4 Å². The van der Waals surface area contributed by atoms with Gasteiger partial charge in [0.1, 0.15) is 0 Å². The minimum absolute atomic E-state index is 0.00714. The molecule has 0 saturated carbocycles. The van der Waals surface area contributed by atoms with Gasteiger partial charge in [0.2, 0.25) is 0 Å². The molecule has 1 aliphatic carbocycles. The number of aliphatic hydroxyl groups excluding tert-OH is 1. The van der Waals surface area contributed by atoms with E-state index in [1.54, 1.807) is 6.92 Å². The predicted octanol–water partition coefficient (Wildman–Crippen LogP) is 2.59. The second kappa shape index (κ2) is 4.62. The lowest BCUT2D eigenvalue weighted by Gasteiger charge is -2.16. The van der Waals surface area contributed by atoms with E-state index in [2.05, 4.69) is 0 Å². The first-order chi connectivity index (χ1) is 7.70. The molecule has 0 spiro atoms. The Hall–Kier alpha value is -1.41. The zero-order chi connectivity index (χ0) is 11.5. The molecule has 1 aliphatic rings. The van der Waals surface area contributed by atoms with Crippen LogP contribution in [0.3, 0.4) is 0 Å². The average Bonchev–Trinajstić information content (AvgIpc) is 2.78. The quantitative estimate of drug-likeness (QED) is 0.788. The van der Waals surface area contributed by atoms with Gasteiger partial charge in [-0.1, -0.05) is 36.4 Å². The fraction of sp³-hybridized carbons (Fsp3) is 0.357. The summed E-state index contributed by atoms with van der Waals surface area (Å²) in [5, 5.41) is 9.63. The number of aliphatic hydroxyl groups is 1. The number of hydrogen-bond acceptors (Lipinski definition) is 2. The summed E-state index contributed by atoms with van der Waals surface area (Å²) in [5.74, 6) is 0.0664. The molecule has 0 amide bonds. The van der Waals surface area contributed by atoms with E-state index < -0.39 is 6.10 Å². The van der Waals surface area contributed by atoms with Crippen LogP contribution in [0.4, 0.5) is 0 Å². The summed E-state index contributed by atoms with van der Waals surface area (Å²) >= 11 is 0. The Labute approximate surface area is 95.6 Å². The van der Waals surface area contributed by atoms with E-state index in [4.69, 9.17) is 0 Å². The Morgan fingerprint density at radius 2 is 2.06 bits per heavy atom. The average molecular weight is 216 g/mol. The highest BCUT2D eigenvalue weighted by molar-refractivity contribution is 6.09. The Balaban J connectivity index is 2.23. The maximum Gasteiger partial charge on any atom is 0.189 e. The summed E-state index contributed by atoms with van der Waals surface area (Å²) < 4.78 is 0. The smallest absolute Gasteiger partial charge is 0.189 e. The van der Waals surface area contributed by atoms with Crippen LogP contribution in [0, 0.1) is 5.92 Å². The molecule has 2 nitrogen and oxygen atoms in total. The number of ketones is 1. The maximum absolute atomic E-state index is 12.2. The molecule has 0 aromatic heterocycles. The van der Waals surface area contributed by atoms with Crippen LogP contribution >= 0.6 is 0 Å². The largest absolute Gasteiger partial charge is 0.393 e. The topological polar surface area (TPSA) is 37.3 Å². The third-order valence-electron chi connectivity index (χ3n) is 3.12. The molecular weight excluding hydrogens is 200 g/mol. The van der Waals surface area contributed by atoms with Crippen LogP contribution in [0.2, 0.25) is 0 Å². The van der Waals surface area contributed by atoms with E-state index in [1.807, 2.05) is 36.4 Å². The summed E-state index contributed by atoms with van der Waals surface area (Å²) in [7, 11) is 0. The lowest BCUT2D eigenvalue weighted by Crippen LogP contribution is -2.20. The molecule has 2 rings (SSSR count). The van der Waals surface area contributed by atoms with Crippen molar-refractivity contribution in [3.63, 3.8) is 0 Å². The fourth-order valence-corrected chi connectivity index (χ4v) is 2.24. The first-order valence-corrected chi connectivity index (χ1v) is 5.68. The molecule has 0 radical (unpaired) electrons. The van der Waals surface area contributed by atoms with Gasteiger partial charge in [0.05, 0.1) is 6.10 Å². The highest BCUT2D eigenvalue weighted by Crippen LogP contribution is 2.31. The molecule has 84 valence electrons.